The molecule has 1 aromatic carbocycles. The van der Waals surface area contributed by atoms with Crippen LogP contribution in [0.1, 0.15) is 29.0 Å². The fourth-order valence-corrected chi connectivity index (χ4v) is 3.02. The van der Waals surface area contributed by atoms with Crippen molar-refractivity contribution in [1.29, 1.82) is 0 Å². The molecular weight excluding hydrogens is 335 g/mol. The number of carbonyl (C=O) groups excluding carboxylic acids is 1. The molecule has 1 fully saturated rings. The van der Waals surface area contributed by atoms with Gasteiger partial charge in [-0.1, -0.05) is 23.2 Å². The van der Waals surface area contributed by atoms with E-state index in [9.17, 15) is 4.79 Å². The lowest BCUT2D eigenvalue weighted by atomic mass is 10.1. The van der Waals surface area contributed by atoms with E-state index in [4.69, 9.17) is 23.2 Å². The summed E-state index contributed by atoms with van der Waals surface area (Å²) in [6, 6.07) is 5.32. The minimum absolute atomic E-state index is 0.0189. The third-order valence-electron chi connectivity index (χ3n) is 4.07. The first-order chi connectivity index (χ1) is 11.1. The van der Waals surface area contributed by atoms with E-state index in [1.54, 1.807) is 22.9 Å². The van der Waals surface area contributed by atoms with Gasteiger partial charge in [-0.25, -0.2) is 4.98 Å². The summed E-state index contributed by atoms with van der Waals surface area (Å²) in [6.45, 7) is 2.09. The third kappa shape index (κ3) is 3.46. The number of hydrogen-bond acceptors (Lipinski definition) is 3. The fraction of sp³-hybridized carbons (Fsp3) is 0.375. The van der Waals surface area contributed by atoms with Gasteiger partial charge in [0.1, 0.15) is 11.0 Å². The van der Waals surface area contributed by atoms with Crippen molar-refractivity contribution in [2.45, 2.75) is 19.4 Å². The first-order valence-electron chi connectivity index (χ1n) is 7.55. The Morgan fingerprint density at radius 2 is 2.04 bits per heavy atom. The number of rotatable bonds is 4. The van der Waals surface area contributed by atoms with E-state index >= 15 is 0 Å². The summed E-state index contributed by atoms with van der Waals surface area (Å²) in [7, 11) is 1.85. The molecule has 1 amide bonds. The molecule has 2 aromatic rings. The lowest BCUT2D eigenvalue weighted by Gasteiger charge is -2.18. The topological polar surface area (TPSA) is 50.2 Å². The Hall–Kier alpha value is -1.72. The minimum Gasteiger partial charge on any atom is -0.377 e. The van der Waals surface area contributed by atoms with Crippen LogP contribution in [-0.4, -0.2) is 33.4 Å². The summed E-state index contributed by atoms with van der Waals surface area (Å²) in [6.07, 6.45) is 3.72. The monoisotopic (exact) mass is 352 g/mol. The first-order valence-corrected chi connectivity index (χ1v) is 8.30. The van der Waals surface area contributed by atoms with Gasteiger partial charge in [0.15, 0.2) is 0 Å². The average Bonchev–Trinajstić information content (AvgIpc) is 3.18. The van der Waals surface area contributed by atoms with E-state index in [0.29, 0.717) is 22.3 Å². The molecule has 122 valence electrons. The summed E-state index contributed by atoms with van der Waals surface area (Å²) in [5, 5.41) is 4.40. The third-order valence-corrected chi connectivity index (χ3v) is 4.66. The van der Waals surface area contributed by atoms with Crippen molar-refractivity contribution in [3.63, 3.8) is 0 Å². The normalized spacial score (nSPS) is 14.3. The predicted molar refractivity (Wildman–Crippen MR) is 92.1 cm³/mol. The molecule has 0 saturated carbocycles. The number of nitrogens with one attached hydrogen (secondary N) is 1. The van der Waals surface area contributed by atoms with Crippen LogP contribution < -0.4 is 5.32 Å². The summed E-state index contributed by atoms with van der Waals surface area (Å²) in [4.78, 5) is 18.8. The van der Waals surface area contributed by atoms with Gasteiger partial charge in [0, 0.05) is 30.8 Å². The molecular formula is C16H18Cl2N4O. The molecule has 1 aliphatic heterocycles. The number of anilines is 1. The molecule has 23 heavy (non-hydrogen) atoms. The Balaban J connectivity index is 1.81. The van der Waals surface area contributed by atoms with Crippen LogP contribution in [0.25, 0.3) is 0 Å². The number of aromatic nitrogens is 2. The van der Waals surface area contributed by atoms with E-state index in [0.717, 1.165) is 37.4 Å². The van der Waals surface area contributed by atoms with Gasteiger partial charge in [0.05, 0.1) is 18.3 Å². The maximum atomic E-state index is 12.7. The van der Waals surface area contributed by atoms with Crippen molar-refractivity contribution in [2.24, 2.45) is 7.05 Å². The Kier molecular flexibility index (Phi) is 4.78. The lowest BCUT2D eigenvalue weighted by Crippen LogP contribution is -2.28. The number of halogens is 2. The van der Waals surface area contributed by atoms with Gasteiger partial charge in [-0.05, 0) is 31.0 Å². The van der Waals surface area contributed by atoms with Crippen molar-refractivity contribution in [3.8, 4) is 0 Å². The standard InChI is InChI=1S/C16H18Cl2N4O/c1-21-14(18)9-20-15(21)10-19-13-5-4-11(17)8-12(13)16(23)22-6-2-3-7-22/h4-5,8-9,19H,2-3,6-7,10H2,1H3. The zero-order valence-electron chi connectivity index (χ0n) is 12.9. The van der Waals surface area contributed by atoms with E-state index < -0.39 is 0 Å². The van der Waals surface area contributed by atoms with Gasteiger partial charge in [-0.2, -0.15) is 0 Å². The summed E-state index contributed by atoms with van der Waals surface area (Å²) in [5.74, 6) is 0.815. The van der Waals surface area contributed by atoms with Gasteiger partial charge in [-0.15, -0.1) is 0 Å². The Morgan fingerprint density at radius 3 is 2.70 bits per heavy atom. The molecule has 0 unspecified atom stereocenters. The molecule has 1 aliphatic rings. The van der Waals surface area contributed by atoms with E-state index in [2.05, 4.69) is 10.3 Å². The predicted octanol–water partition coefficient (Wildman–Crippen LogP) is 3.58. The first kappa shape index (κ1) is 16.1. The highest BCUT2D eigenvalue weighted by Gasteiger charge is 2.22. The molecule has 0 radical (unpaired) electrons. The number of amides is 1. The number of benzene rings is 1. The second-order valence-electron chi connectivity index (χ2n) is 5.60. The molecule has 1 saturated heterocycles. The van der Waals surface area contributed by atoms with Crippen LogP contribution >= 0.6 is 23.2 Å². The van der Waals surface area contributed by atoms with Gasteiger partial charge in [0.2, 0.25) is 0 Å². The van der Waals surface area contributed by atoms with Crippen LogP contribution in [0, 0.1) is 0 Å². The van der Waals surface area contributed by atoms with Crippen LogP contribution in [0.2, 0.25) is 10.2 Å². The Morgan fingerprint density at radius 1 is 1.30 bits per heavy atom. The molecule has 0 spiro atoms. The average molecular weight is 353 g/mol. The van der Waals surface area contributed by atoms with Crippen molar-refractivity contribution in [1.82, 2.24) is 14.5 Å². The molecule has 5 nitrogen and oxygen atoms in total. The largest absolute Gasteiger partial charge is 0.377 e. The molecule has 1 aromatic heterocycles. The van der Waals surface area contributed by atoms with Crippen molar-refractivity contribution >= 4 is 34.8 Å². The molecule has 7 heteroatoms. The Labute approximate surface area is 145 Å². The van der Waals surface area contributed by atoms with E-state index in [1.807, 2.05) is 18.0 Å². The molecule has 0 atom stereocenters. The quantitative estimate of drug-likeness (QED) is 0.914. The fourth-order valence-electron chi connectivity index (χ4n) is 2.70. The molecule has 0 bridgehead atoms. The molecule has 3 rings (SSSR count). The highest BCUT2D eigenvalue weighted by atomic mass is 35.5. The number of nitrogens with zero attached hydrogens (tertiary/aromatic N) is 3. The van der Waals surface area contributed by atoms with Gasteiger partial charge in [0.25, 0.3) is 5.91 Å². The zero-order valence-corrected chi connectivity index (χ0v) is 14.4. The van der Waals surface area contributed by atoms with Crippen LogP contribution in [0.5, 0.6) is 0 Å². The van der Waals surface area contributed by atoms with Crippen LogP contribution in [0.15, 0.2) is 24.4 Å². The Bertz CT molecular complexity index is 723. The van der Waals surface area contributed by atoms with Gasteiger partial charge >= 0.3 is 0 Å². The minimum atomic E-state index is 0.0189. The SMILES string of the molecule is Cn1c(Cl)cnc1CNc1ccc(Cl)cc1C(=O)N1CCCC1. The van der Waals surface area contributed by atoms with E-state index in [-0.39, 0.29) is 5.91 Å². The summed E-state index contributed by atoms with van der Waals surface area (Å²) in [5.41, 5.74) is 1.35. The molecule has 0 aliphatic carbocycles. The van der Waals surface area contributed by atoms with Crippen LogP contribution in [0.3, 0.4) is 0 Å². The maximum Gasteiger partial charge on any atom is 0.256 e. The second kappa shape index (κ2) is 6.81. The lowest BCUT2D eigenvalue weighted by molar-refractivity contribution is 0.0793. The molecule has 2 heterocycles. The molecule has 1 N–H and O–H groups in total. The van der Waals surface area contributed by atoms with Crippen molar-refractivity contribution < 1.29 is 4.79 Å². The van der Waals surface area contributed by atoms with Crippen LogP contribution in [-0.2, 0) is 13.6 Å². The number of carbonyl (C=O) groups is 1. The van der Waals surface area contributed by atoms with Gasteiger partial charge < -0.3 is 14.8 Å². The van der Waals surface area contributed by atoms with E-state index in [1.165, 1.54) is 0 Å². The zero-order chi connectivity index (χ0) is 16.4. The maximum absolute atomic E-state index is 12.7. The summed E-state index contributed by atoms with van der Waals surface area (Å²) < 4.78 is 1.80. The number of hydrogen-bond donors (Lipinski definition) is 1. The highest BCUT2D eigenvalue weighted by Crippen LogP contribution is 2.24. The highest BCUT2D eigenvalue weighted by molar-refractivity contribution is 6.31. The second-order valence-corrected chi connectivity index (χ2v) is 6.42. The number of likely N-dealkylation sites (tertiary alicyclic amines) is 1. The smallest absolute Gasteiger partial charge is 0.256 e. The summed E-state index contributed by atoms with van der Waals surface area (Å²) >= 11 is 12.1. The van der Waals surface area contributed by atoms with Crippen molar-refractivity contribution in [2.75, 3.05) is 18.4 Å². The van der Waals surface area contributed by atoms with Crippen LogP contribution in [0.4, 0.5) is 5.69 Å². The van der Waals surface area contributed by atoms with Crippen molar-refractivity contribution in [3.05, 3.63) is 46.0 Å². The van der Waals surface area contributed by atoms with Gasteiger partial charge in [-0.3, -0.25) is 4.79 Å². The number of imidazole rings is 1.